The Hall–Kier alpha value is -2.07. The molecule has 1 saturated heterocycles. The minimum Gasteiger partial charge on any atom is -0.508 e. The molecule has 0 radical (unpaired) electrons. The Morgan fingerprint density at radius 1 is 1.18 bits per heavy atom. The van der Waals surface area contributed by atoms with E-state index in [9.17, 15) is 9.50 Å². The first kappa shape index (κ1) is 14.9. The van der Waals surface area contributed by atoms with Gasteiger partial charge in [0.15, 0.2) is 0 Å². The summed E-state index contributed by atoms with van der Waals surface area (Å²) in [4.78, 5) is 2.33. The van der Waals surface area contributed by atoms with Crippen molar-refractivity contribution < 1.29 is 9.50 Å². The van der Waals surface area contributed by atoms with Gasteiger partial charge in [-0.1, -0.05) is 24.3 Å². The highest BCUT2D eigenvalue weighted by Crippen LogP contribution is 2.22. The average molecular weight is 300 g/mol. The van der Waals surface area contributed by atoms with Crippen molar-refractivity contribution in [3.8, 4) is 5.75 Å². The number of anilines is 1. The molecule has 0 bridgehead atoms. The van der Waals surface area contributed by atoms with Gasteiger partial charge in [0.1, 0.15) is 11.6 Å². The molecule has 1 atom stereocenters. The number of likely N-dealkylation sites (tertiary alicyclic amines) is 1. The fraction of sp³-hybridized carbons (Fsp3) is 0.333. The molecule has 4 heteroatoms. The van der Waals surface area contributed by atoms with Crippen LogP contribution in [0.25, 0.3) is 0 Å². The van der Waals surface area contributed by atoms with Gasteiger partial charge < -0.3 is 10.4 Å². The number of piperidine rings is 1. The molecule has 1 aliphatic rings. The van der Waals surface area contributed by atoms with E-state index in [0.717, 1.165) is 43.7 Å². The second kappa shape index (κ2) is 6.79. The third kappa shape index (κ3) is 3.77. The Morgan fingerprint density at radius 2 is 2.05 bits per heavy atom. The van der Waals surface area contributed by atoms with Crippen molar-refractivity contribution in [2.24, 2.45) is 0 Å². The number of phenolic OH excluding ortho intramolecular Hbond substituents is 1. The van der Waals surface area contributed by atoms with Crippen LogP contribution in [0.4, 0.5) is 10.1 Å². The number of nitrogens with zero attached hydrogens (tertiary/aromatic N) is 1. The van der Waals surface area contributed by atoms with Crippen LogP contribution in [0.5, 0.6) is 5.75 Å². The number of nitrogens with one attached hydrogen (secondary N) is 1. The Labute approximate surface area is 130 Å². The van der Waals surface area contributed by atoms with Gasteiger partial charge in [-0.3, -0.25) is 4.90 Å². The molecule has 0 amide bonds. The van der Waals surface area contributed by atoms with Gasteiger partial charge in [-0.25, -0.2) is 4.39 Å². The lowest BCUT2D eigenvalue weighted by molar-refractivity contribution is 0.206. The molecule has 22 heavy (non-hydrogen) atoms. The second-order valence-corrected chi connectivity index (χ2v) is 5.86. The van der Waals surface area contributed by atoms with Crippen LogP contribution in [0.2, 0.25) is 0 Å². The van der Waals surface area contributed by atoms with Crippen LogP contribution in [0.15, 0.2) is 48.5 Å². The number of benzene rings is 2. The summed E-state index contributed by atoms with van der Waals surface area (Å²) in [5.74, 6) is 0.134. The van der Waals surface area contributed by atoms with Crippen LogP contribution >= 0.6 is 0 Å². The quantitative estimate of drug-likeness (QED) is 0.905. The van der Waals surface area contributed by atoms with Crippen LogP contribution in [0, 0.1) is 5.82 Å². The lowest BCUT2D eigenvalue weighted by Crippen LogP contribution is -2.41. The number of halogens is 1. The lowest BCUT2D eigenvalue weighted by Gasteiger charge is -2.33. The zero-order chi connectivity index (χ0) is 15.4. The first-order valence-electron chi connectivity index (χ1n) is 7.72. The summed E-state index contributed by atoms with van der Waals surface area (Å²) < 4.78 is 13.3. The smallest absolute Gasteiger partial charge is 0.125 e. The average Bonchev–Trinajstić information content (AvgIpc) is 2.50. The molecule has 0 unspecified atom stereocenters. The first-order valence-corrected chi connectivity index (χ1v) is 7.72. The molecule has 1 fully saturated rings. The Bertz CT molecular complexity index is 632. The summed E-state index contributed by atoms with van der Waals surface area (Å²) in [5.41, 5.74) is 1.78. The molecule has 0 saturated carbocycles. The number of hydrogen-bond acceptors (Lipinski definition) is 3. The molecule has 0 spiro atoms. The van der Waals surface area contributed by atoms with Crippen molar-refractivity contribution in [1.29, 1.82) is 0 Å². The van der Waals surface area contributed by atoms with Gasteiger partial charge in [-0.15, -0.1) is 0 Å². The summed E-state index contributed by atoms with van der Waals surface area (Å²) >= 11 is 0. The highest BCUT2D eigenvalue weighted by atomic mass is 19.1. The minimum absolute atomic E-state index is 0.216. The molecule has 0 aliphatic carbocycles. The zero-order valence-electron chi connectivity index (χ0n) is 12.5. The van der Waals surface area contributed by atoms with Crippen molar-refractivity contribution in [2.45, 2.75) is 25.4 Å². The van der Waals surface area contributed by atoms with E-state index >= 15 is 0 Å². The van der Waals surface area contributed by atoms with E-state index in [1.807, 2.05) is 24.3 Å². The van der Waals surface area contributed by atoms with E-state index in [2.05, 4.69) is 10.2 Å². The van der Waals surface area contributed by atoms with Crippen molar-refractivity contribution in [1.82, 2.24) is 4.90 Å². The number of hydrogen-bond donors (Lipinski definition) is 2. The molecule has 3 rings (SSSR count). The van der Waals surface area contributed by atoms with E-state index in [4.69, 9.17) is 0 Å². The number of rotatable bonds is 4. The van der Waals surface area contributed by atoms with Crippen molar-refractivity contribution in [2.75, 3.05) is 18.4 Å². The van der Waals surface area contributed by atoms with Gasteiger partial charge in [0, 0.05) is 30.4 Å². The van der Waals surface area contributed by atoms with E-state index < -0.39 is 0 Å². The Balaban J connectivity index is 1.61. The second-order valence-electron chi connectivity index (χ2n) is 5.86. The SMILES string of the molecule is Oc1ccccc1CN1CCC[C@H](Nc2cccc(F)c2)C1. The Morgan fingerprint density at radius 3 is 2.86 bits per heavy atom. The number of phenols is 1. The van der Waals surface area contributed by atoms with Crippen LogP contribution in [-0.4, -0.2) is 29.1 Å². The molecule has 2 N–H and O–H groups in total. The fourth-order valence-corrected chi connectivity index (χ4v) is 3.02. The number of aromatic hydroxyl groups is 1. The van der Waals surface area contributed by atoms with Crippen LogP contribution in [-0.2, 0) is 6.54 Å². The third-order valence-corrected chi connectivity index (χ3v) is 4.09. The number of para-hydroxylation sites is 1. The normalized spacial score (nSPS) is 19.0. The summed E-state index contributed by atoms with van der Waals surface area (Å²) in [7, 11) is 0. The third-order valence-electron chi connectivity index (χ3n) is 4.09. The van der Waals surface area contributed by atoms with Crippen LogP contribution < -0.4 is 5.32 Å². The molecular weight excluding hydrogens is 279 g/mol. The van der Waals surface area contributed by atoms with Crippen LogP contribution in [0.3, 0.4) is 0 Å². The highest BCUT2D eigenvalue weighted by molar-refractivity contribution is 5.44. The van der Waals surface area contributed by atoms with E-state index in [0.29, 0.717) is 11.8 Å². The monoisotopic (exact) mass is 300 g/mol. The van der Waals surface area contributed by atoms with Crippen LogP contribution in [0.1, 0.15) is 18.4 Å². The maximum atomic E-state index is 13.3. The lowest BCUT2D eigenvalue weighted by atomic mass is 10.0. The fourth-order valence-electron chi connectivity index (χ4n) is 3.02. The first-order chi connectivity index (χ1) is 10.7. The molecule has 1 heterocycles. The van der Waals surface area contributed by atoms with Gasteiger partial charge in [-0.05, 0) is 43.7 Å². The van der Waals surface area contributed by atoms with Crippen molar-refractivity contribution >= 4 is 5.69 Å². The maximum absolute atomic E-state index is 13.3. The molecule has 1 aliphatic heterocycles. The molecule has 2 aromatic rings. The van der Waals surface area contributed by atoms with Gasteiger partial charge >= 0.3 is 0 Å². The van der Waals surface area contributed by atoms with Crippen molar-refractivity contribution in [3.63, 3.8) is 0 Å². The van der Waals surface area contributed by atoms with E-state index in [-0.39, 0.29) is 5.82 Å². The Kier molecular flexibility index (Phi) is 4.59. The topological polar surface area (TPSA) is 35.5 Å². The van der Waals surface area contributed by atoms with Gasteiger partial charge in [0.25, 0.3) is 0 Å². The van der Waals surface area contributed by atoms with Gasteiger partial charge in [0.05, 0.1) is 0 Å². The summed E-state index contributed by atoms with van der Waals surface area (Å²) in [6.45, 7) is 2.66. The summed E-state index contributed by atoms with van der Waals surface area (Å²) in [6, 6.07) is 14.4. The minimum atomic E-state index is -0.216. The summed E-state index contributed by atoms with van der Waals surface area (Å²) in [5, 5.41) is 13.3. The van der Waals surface area contributed by atoms with Crippen molar-refractivity contribution in [3.05, 3.63) is 59.9 Å². The van der Waals surface area contributed by atoms with E-state index in [1.54, 1.807) is 12.1 Å². The highest BCUT2D eigenvalue weighted by Gasteiger charge is 2.20. The van der Waals surface area contributed by atoms with Gasteiger partial charge in [-0.2, -0.15) is 0 Å². The largest absolute Gasteiger partial charge is 0.508 e. The molecule has 2 aromatic carbocycles. The predicted molar refractivity (Wildman–Crippen MR) is 86.4 cm³/mol. The predicted octanol–water partition coefficient (Wildman–Crippen LogP) is 3.61. The molecule has 116 valence electrons. The zero-order valence-corrected chi connectivity index (χ0v) is 12.5. The molecular formula is C18H21FN2O. The molecule has 0 aromatic heterocycles. The summed E-state index contributed by atoms with van der Waals surface area (Å²) in [6.07, 6.45) is 2.17. The standard InChI is InChI=1S/C18H21FN2O/c19-15-6-3-7-16(11-15)20-17-8-4-10-21(13-17)12-14-5-1-2-9-18(14)22/h1-3,5-7,9,11,17,20,22H,4,8,10,12-13H2/t17-/m0/s1. The van der Waals surface area contributed by atoms with Gasteiger partial charge in [0.2, 0.25) is 0 Å². The molecule has 3 nitrogen and oxygen atoms in total. The van der Waals surface area contributed by atoms with E-state index in [1.165, 1.54) is 12.1 Å². The maximum Gasteiger partial charge on any atom is 0.125 e.